The molecule has 8 heteroatoms. The van der Waals surface area contributed by atoms with Crippen molar-refractivity contribution in [2.24, 2.45) is 0 Å². The van der Waals surface area contributed by atoms with E-state index in [1.54, 1.807) is 55.6 Å². The fourth-order valence-corrected chi connectivity index (χ4v) is 9.99. The van der Waals surface area contributed by atoms with Crippen LogP contribution >= 0.6 is 0 Å². The Kier molecular flexibility index (Phi) is 15.7. The van der Waals surface area contributed by atoms with Crippen LogP contribution in [0.25, 0.3) is 22.3 Å². The fourth-order valence-electron chi connectivity index (χ4n) is 9.99. The van der Waals surface area contributed by atoms with Gasteiger partial charge < -0.3 is 28.7 Å². The molecule has 0 heterocycles. The van der Waals surface area contributed by atoms with Crippen molar-refractivity contribution in [1.29, 1.82) is 0 Å². The molecule has 12 rings (SSSR count). The van der Waals surface area contributed by atoms with Gasteiger partial charge in [0.05, 0.1) is 7.11 Å². The molecule has 0 saturated carbocycles. The minimum atomic E-state index is -0.120. The average Bonchev–Trinajstić information content (AvgIpc) is 3.71. The van der Waals surface area contributed by atoms with Crippen molar-refractivity contribution >= 4 is 45.7 Å². The van der Waals surface area contributed by atoms with Crippen LogP contribution in [0.1, 0.15) is 37.4 Å². The van der Waals surface area contributed by atoms with Gasteiger partial charge in [-0.25, -0.2) is 0 Å². The number of ketones is 2. The summed E-state index contributed by atoms with van der Waals surface area (Å²) in [7, 11) is 1.67. The molecule has 0 aliphatic heterocycles. The molecule has 12 aromatic rings. The predicted octanol–water partition coefficient (Wildman–Crippen LogP) is 20.1. The molecule has 0 saturated heterocycles. The summed E-state index contributed by atoms with van der Waals surface area (Å²) in [5.74, 6) is 4.33. The van der Waals surface area contributed by atoms with Crippen LogP contribution < -0.4 is 28.7 Å². The number of ether oxygens (including phenoxy) is 4. The Morgan fingerprint density at radius 2 is 0.548 bits per heavy atom. The van der Waals surface area contributed by atoms with E-state index in [9.17, 15) is 9.59 Å². The van der Waals surface area contributed by atoms with Crippen LogP contribution in [-0.4, -0.2) is 18.7 Å². The molecule has 0 aliphatic rings. The highest BCUT2D eigenvalue weighted by atomic mass is 16.5. The van der Waals surface area contributed by atoms with E-state index in [0.717, 1.165) is 67.7 Å². The molecule has 0 bridgehead atoms. The monoisotopic (exact) mass is 1090 g/mol. The highest BCUT2D eigenvalue weighted by molar-refractivity contribution is 6.09. The van der Waals surface area contributed by atoms with Crippen molar-refractivity contribution in [3.63, 3.8) is 0 Å². The summed E-state index contributed by atoms with van der Waals surface area (Å²) in [5.41, 5.74) is 13.5. The second kappa shape index (κ2) is 24.7. The Labute approximate surface area is 489 Å². The van der Waals surface area contributed by atoms with Crippen molar-refractivity contribution < 1.29 is 28.5 Å². The average molecular weight is 1090 g/mol. The number of carbonyl (C=O) groups is 2. The summed E-state index contributed by atoms with van der Waals surface area (Å²) in [5, 5.41) is 0. The zero-order valence-corrected chi connectivity index (χ0v) is 46.2. The summed E-state index contributed by atoms with van der Waals surface area (Å²) in [4.78, 5) is 31.3. The van der Waals surface area contributed by atoms with Crippen LogP contribution in [-0.2, 0) is 0 Å². The Bertz CT molecular complexity index is 4180. The van der Waals surface area contributed by atoms with Crippen molar-refractivity contribution in [3.8, 4) is 62.5 Å². The van der Waals surface area contributed by atoms with Gasteiger partial charge in [0.1, 0.15) is 40.2 Å². The van der Waals surface area contributed by atoms with E-state index >= 15 is 0 Å². The first-order valence-corrected chi connectivity index (χ1v) is 27.6. The molecule has 12 aromatic carbocycles. The van der Waals surface area contributed by atoms with E-state index in [1.807, 2.05) is 183 Å². The minimum Gasteiger partial charge on any atom is -0.497 e. The van der Waals surface area contributed by atoms with Crippen LogP contribution in [0.3, 0.4) is 0 Å². The molecule has 0 radical (unpaired) electrons. The number of nitrogens with zero attached hydrogens (tertiary/aromatic N) is 2. The summed E-state index contributed by atoms with van der Waals surface area (Å²) >= 11 is 0. The molecule has 84 heavy (non-hydrogen) atoms. The first-order valence-electron chi connectivity index (χ1n) is 27.6. The SMILES string of the molecule is COc1cccc(N(c2ccc(Oc3ccc(C(=O)c4ccc(Oc5ccc(N(c6ccc(-c7ccccc7)cc6)c6cccc(Oc7ccc(C(=O)c8ccc(C)cc8)cc7)c6)cc5)cc4)cc3)cc2)c2ccc(-c3ccccc3)cc2)c1. The fraction of sp³-hybridized carbons (Fsp3) is 0.0263. The minimum absolute atomic E-state index is 0.0405. The number of aryl methyl sites for hydroxylation is 1. The van der Waals surface area contributed by atoms with Gasteiger partial charge in [-0.1, -0.05) is 127 Å². The number of hydrogen-bond donors (Lipinski definition) is 0. The Morgan fingerprint density at radius 1 is 0.262 bits per heavy atom. The quantitative estimate of drug-likeness (QED) is 0.0741. The van der Waals surface area contributed by atoms with Gasteiger partial charge in [0, 0.05) is 68.5 Å². The summed E-state index contributed by atoms with van der Waals surface area (Å²) in [6, 6.07) is 98.6. The highest BCUT2D eigenvalue weighted by Gasteiger charge is 2.18. The number of carbonyl (C=O) groups excluding carboxylic acids is 2. The maximum absolute atomic E-state index is 13.8. The van der Waals surface area contributed by atoms with Crippen molar-refractivity contribution in [1.82, 2.24) is 0 Å². The normalized spacial score (nSPS) is 10.8. The lowest BCUT2D eigenvalue weighted by Gasteiger charge is -2.26. The maximum Gasteiger partial charge on any atom is 0.193 e. The van der Waals surface area contributed by atoms with E-state index in [2.05, 4.69) is 88.7 Å². The Morgan fingerprint density at radius 3 is 0.905 bits per heavy atom. The molecule has 0 unspecified atom stereocenters. The first-order chi connectivity index (χ1) is 41.3. The molecule has 406 valence electrons. The second-order valence-corrected chi connectivity index (χ2v) is 20.1. The van der Waals surface area contributed by atoms with Gasteiger partial charge in [0.25, 0.3) is 0 Å². The first kappa shape index (κ1) is 53.4. The van der Waals surface area contributed by atoms with Crippen LogP contribution in [0.2, 0.25) is 0 Å². The van der Waals surface area contributed by atoms with Gasteiger partial charge >= 0.3 is 0 Å². The van der Waals surface area contributed by atoms with E-state index in [4.69, 9.17) is 18.9 Å². The lowest BCUT2D eigenvalue weighted by molar-refractivity contribution is 0.103. The van der Waals surface area contributed by atoms with Crippen molar-refractivity contribution in [3.05, 3.63) is 331 Å². The lowest BCUT2D eigenvalue weighted by atomic mass is 10.0. The molecule has 0 atom stereocenters. The molecule has 0 spiro atoms. The van der Waals surface area contributed by atoms with Crippen LogP contribution in [0.15, 0.2) is 303 Å². The van der Waals surface area contributed by atoms with Gasteiger partial charge in [0.15, 0.2) is 11.6 Å². The van der Waals surface area contributed by atoms with E-state index < -0.39 is 0 Å². The molecule has 0 amide bonds. The van der Waals surface area contributed by atoms with E-state index in [-0.39, 0.29) is 11.6 Å². The van der Waals surface area contributed by atoms with Gasteiger partial charge in [-0.2, -0.15) is 0 Å². The van der Waals surface area contributed by atoms with Crippen LogP contribution in [0.4, 0.5) is 34.1 Å². The second-order valence-electron chi connectivity index (χ2n) is 20.1. The molecular formula is C76H56N2O6. The third-order valence-electron chi connectivity index (χ3n) is 14.4. The van der Waals surface area contributed by atoms with E-state index in [1.165, 1.54) is 0 Å². The topological polar surface area (TPSA) is 77.5 Å². The third-order valence-corrected chi connectivity index (χ3v) is 14.4. The van der Waals surface area contributed by atoms with Gasteiger partial charge in [-0.05, 0) is 199 Å². The molecule has 0 aliphatic carbocycles. The molecular weight excluding hydrogens is 1040 g/mol. The number of hydrogen-bond acceptors (Lipinski definition) is 8. The lowest BCUT2D eigenvalue weighted by Crippen LogP contribution is -2.10. The number of anilines is 6. The highest BCUT2D eigenvalue weighted by Crippen LogP contribution is 2.41. The summed E-state index contributed by atoms with van der Waals surface area (Å²) < 4.78 is 24.6. The summed E-state index contributed by atoms with van der Waals surface area (Å²) in [6.07, 6.45) is 0. The molecule has 0 fully saturated rings. The smallest absolute Gasteiger partial charge is 0.193 e. The Balaban J connectivity index is 0.708. The third kappa shape index (κ3) is 12.4. The van der Waals surface area contributed by atoms with Crippen LogP contribution in [0, 0.1) is 6.92 Å². The van der Waals surface area contributed by atoms with Gasteiger partial charge in [-0.3, -0.25) is 9.59 Å². The maximum atomic E-state index is 13.8. The molecule has 8 nitrogen and oxygen atoms in total. The number of methoxy groups -OCH3 is 1. The summed E-state index contributed by atoms with van der Waals surface area (Å²) in [6.45, 7) is 2.00. The zero-order valence-electron chi connectivity index (χ0n) is 46.2. The van der Waals surface area contributed by atoms with Gasteiger partial charge in [0.2, 0.25) is 0 Å². The molecule has 0 aromatic heterocycles. The number of benzene rings is 12. The van der Waals surface area contributed by atoms with Gasteiger partial charge in [-0.15, -0.1) is 0 Å². The number of rotatable bonds is 19. The largest absolute Gasteiger partial charge is 0.497 e. The van der Waals surface area contributed by atoms with E-state index in [0.29, 0.717) is 56.8 Å². The van der Waals surface area contributed by atoms with Crippen molar-refractivity contribution in [2.45, 2.75) is 6.92 Å². The van der Waals surface area contributed by atoms with Crippen molar-refractivity contribution in [2.75, 3.05) is 16.9 Å². The van der Waals surface area contributed by atoms with Crippen LogP contribution in [0.5, 0.6) is 40.2 Å². The predicted molar refractivity (Wildman–Crippen MR) is 337 cm³/mol. The standard InChI is InChI=1S/C76H56N2O6/c1-53-19-21-58(22-20-53)75(79)59-31-45-70(46-32-59)84-74-18-10-16-67(52-74)78(63-35-25-57(26-36-63)55-13-7-4-8-14-55)65-39-49-72(50-40-65)83-69-43-29-61(30-44-69)76(80)60-27-41-68(42-28-60)82-71-47-37-64(38-48-71)77(66-15-9-17-73(51-66)81-2)62-33-23-56(24-34-62)54-11-5-3-6-12-54/h3-52H,1-2H3. The zero-order chi connectivity index (χ0) is 57.2. The Hall–Kier alpha value is -11.2. The molecule has 0 N–H and O–H groups in total.